The topological polar surface area (TPSA) is 157 Å². The van der Waals surface area contributed by atoms with Gasteiger partial charge >= 0.3 is 0 Å². The van der Waals surface area contributed by atoms with E-state index in [9.17, 15) is 24.0 Å². The molecule has 6 atom stereocenters. The summed E-state index contributed by atoms with van der Waals surface area (Å²) in [5, 5.41) is 12.0. The summed E-state index contributed by atoms with van der Waals surface area (Å²) in [6.45, 7) is 17.1. The van der Waals surface area contributed by atoms with Crippen molar-refractivity contribution in [1.82, 2.24) is 31.1 Å². The molecule has 4 N–H and O–H groups in total. The Bertz CT molecular complexity index is 1480. The highest BCUT2D eigenvalue weighted by molar-refractivity contribution is 6.38. The van der Waals surface area contributed by atoms with Crippen LogP contribution in [-0.4, -0.2) is 102 Å². The van der Waals surface area contributed by atoms with Crippen LogP contribution in [0.1, 0.15) is 138 Å². The number of amides is 5. The monoisotopic (exact) mass is 753 g/mol. The molecule has 1 unspecified atom stereocenters. The molecule has 4 aliphatic carbocycles. The number of hydrogen-bond donors (Lipinski definition) is 4. The van der Waals surface area contributed by atoms with E-state index in [1.165, 1.54) is 0 Å². The van der Waals surface area contributed by atoms with E-state index < -0.39 is 47.2 Å². The number of carbonyl (C=O) groups excluding carboxylic acids is 6. The summed E-state index contributed by atoms with van der Waals surface area (Å²) in [7, 11) is 0. The molecule has 54 heavy (non-hydrogen) atoms. The van der Waals surface area contributed by atoms with E-state index in [-0.39, 0.29) is 51.8 Å². The summed E-state index contributed by atoms with van der Waals surface area (Å²) in [4.78, 5) is 87.7. The van der Waals surface area contributed by atoms with Crippen molar-refractivity contribution in [2.75, 3.05) is 26.2 Å². The van der Waals surface area contributed by atoms with E-state index >= 15 is 4.79 Å². The fraction of sp³-hybridized carbons (Fsp3) is 0.857. The molecule has 0 bridgehead atoms. The molecule has 6 rings (SSSR count). The van der Waals surface area contributed by atoms with Crippen molar-refractivity contribution in [2.24, 2.45) is 33.5 Å². The number of nitrogens with zero attached hydrogens (tertiary/aromatic N) is 2. The Morgan fingerprint density at radius 3 is 2.04 bits per heavy atom. The van der Waals surface area contributed by atoms with Gasteiger partial charge in [-0.2, -0.15) is 0 Å². The number of likely N-dealkylation sites (tertiary alicyclic amines) is 2. The minimum atomic E-state index is -0.984. The normalized spacial score (nSPS) is 29.2. The van der Waals surface area contributed by atoms with E-state index in [0.717, 1.165) is 83.7 Å². The maximum atomic E-state index is 15.1. The third-order valence-electron chi connectivity index (χ3n) is 14.9. The number of hydrogen-bond acceptors (Lipinski definition) is 7. The number of fused-ring (bicyclic) bond motifs is 1. The minimum absolute atomic E-state index is 0.0164. The van der Waals surface area contributed by atoms with Crippen LogP contribution >= 0.6 is 0 Å². The van der Waals surface area contributed by atoms with Crippen LogP contribution < -0.4 is 21.3 Å². The Kier molecular flexibility index (Phi) is 11.7. The number of ketones is 1. The first-order chi connectivity index (χ1) is 25.5. The second kappa shape index (κ2) is 15.5. The van der Waals surface area contributed by atoms with Gasteiger partial charge in [0.25, 0.3) is 5.91 Å². The SMILES string of the molecule is CCC[C@H](NC(=O)C1C[C@@]2(CN1C(=O)[C@@H](NC(=O)[C@@H](NC(=O)[C@H]1CCN(CC)C1)C1CCCCC1)C(C)(C)C)C(C)(C)C21CCC1)C(=O)C(=O)NC1CC1. The van der Waals surface area contributed by atoms with Crippen LogP contribution in [0.15, 0.2) is 0 Å². The van der Waals surface area contributed by atoms with Crippen molar-refractivity contribution < 1.29 is 28.8 Å². The quantitative estimate of drug-likeness (QED) is 0.197. The van der Waals surface area contributed by atoms with Crippen molar-refractivity contribution in [3.8, 4) is 0 Å². The molecule has 0 aromatic carbocycles. The summed E-state index contributed by atoms with van der Waals surface area (Å²) in [5.41, 5.74) is -1.02. The van der Waals surface area contributed by atoms with Crippen LogP contribution in [0, 0.1) is 33.5 Å². The molecule has 4 saturated carbocycles. The number of rotatable bonds is 14. The fourth-order valence-electron chi connectivity index (χ4n) is 11.0. The Hall–Kier alpha value is -3.02. The van der Waals surface area contributed by atoms with Crippen molar-refractivity contribution in [3.63, 3.8) is 0 Å². The highest BCUT2D eigenvalue weighted by atomic mass is 16.2. The van der Waals surface area contributed by atoms with E-state index in [1.807, 2.05) is 27.7 Å². The molecule has 0 aromatic rings. The Morgan fingerprint density at radius 1 is 0.815 bits per heavy atom. The molecular weight excluding hydrogens is 684 g/mol. The van der Waals surface area contributed by atoms with Gasteiger partial charge in [0.15, 0.2) is 0 Å². The average molecular weight is 753 g/mol. The number of nitrogens with one attached hydrogen (secondary N) is 4. The zero-order chi connectivity index (χ0) is 39.2. The minimum Gasteiger partial charge on any atom is -0.347 e. The highest BCUT2D eigenvalue weighted by Gasteiger charge is 2.85. The largest absolute Gasteiger partial charge is 0.347 e. The molecule has 2 heterocycles. The Labute approximate surface area is 322 Å². The predicted octanol–water partition coefficient (Wildman–Crippen LogP) is 3.85. The molecule has 0 radical (unpaired) electrons. The zero-order valence-electron chi connectivity index (χ0n) is 34.1. The second-order valence-corrected chi connectivity index (χ2v) is 19.4. The third-order valence-corrected chi connectivity index (χ3v) is 14.9. The van der Waals surface area contributed by atoms with Gasteiger partial charge in [-0.25, -0.2) is 0 Å². The van der Waals surface area contributed by atoms with E-state index in [1.54, 1.807) is 4.90 Å². The molecule has 302 valence electrons. The van der Waals surface area contributed by atoms with Gasteiger partial charge in [0.2, 0.25) is 29.4 Å². The van der Waals surface area contributed by atoms with Crippen LogP contribution in [0.4, 0.5) is 0 Å². The van der Waals surface area contributed by atoms with E-state index in [2.05, 4.69) is 46.9 Å². The fourth-order valence-corrected chi connectivity index (χ4v) is 11.0. The van der Waals surface area contributed by atoms with Crippen LogP contribution in [0.25, 0.3) is 0 Å². The van der Waals surface area contributed by atoms with Gasteiger partial charge in [-0.3, -0.25) is 28.8 Å². The third kappa shape index (κ3) is 7.46. The lowest BCUT2D eigenvalue weighted by atomic mass is 9.73. The molecule has 5 amide bonds. The van der Waals surface area contributed by atoms with Gasteiger partial charge < -0.3 is 31.1 Å². The molecule has 2 spiro atoms. The lowest BCUT2D eigenvalue weighted by Gasteiger charge is -2.38. The standard InChI is InChI=1S/C42H68N6O6/c1-8-14-29(32(49)37(53)43-28-17-18-28)44-35(51)30-23-42(40(6,7)41(42)20-13-21-41)25-48(30)38(54)33(39(3,4)5)46-36(52)31(26-15-11-10-12-16-26)45-34(50)27-19-22-47(9-2)24-27/h26-31,33H,8-25H2,1-7H3,(H,43,53)(H,44,51)(H,45,50)(H,46,52)/t27-,29-,30?,31-,33+,42+/m0/s1. The van der Waals surface area contributed by atoms with Crippen LogP contribution in [0.3, 0.4) is 0 Å². The van der Waals surface area contributed by atoms with Crippen molar-refractivity contribution in [2.45, 2.75) is 169 Å². The first kappa shape index (κ1) is 40.6. The Balaban J connectivity index is 1.25. The first-order valence-corrected chi connectivity index (χ1v) is 21.3. The van der Waals surface area contributed by atoms with Crippen molar-refractivity contribution >= 4 is 35.3 Å². The van der Waals surface area contributed by atoms with E-state index in [0.29, 0.717) is 32.4 Å². The highest BCUT2D eigenvalue weighted by Crippen LogP contribution is 2.88. The first-order valence-electron chi connectivity index (χ1n) is 21.3. The molecule has 6 fully saturated rings. The van der Waals surface area contributed by atoms with Crippen LogP contribution in [0.5, 0.6) is 0 Å². The van der Waals surface area contributed by atoms with Gasteiger partial charge in [0.05, 0.1) is 12.0 Å². The lowest BCUT2D eigenvalue weighted by Crippen LogP contribution is -2.62. The second-order valence-electron chi connectivity index (χ2n) is 19.4. The summed E-state index contributed by atoms with van der Waals surface area (Å²) in [5.74, 6) is -2.71. The molecule has 0 aromatic heterocycles. The number of Topliss-reactive ketones (excluding diaryl/α,β-unsaturated/α-hetero) is 1. The zero-order valence-corrected chi connectivity index (χ0v) is 34.1. The van der Waals surface area contributed by atoms with Gasteiger partial charge in [-0.15, -0.1) is 0 Å². The summed E-state index contributed by atoms with van der Waals surface area (Å²) < 4.78 is 0. The van der Waals surface area contributed by atoms with Crippen LogP contribution in [-0.2, 0) is 28.8 Å². The van der Waals surface area contributed by atoms with Gasteiger partial charge in [0, 0.05) is 24.5 Å². The molecular formula is C42H68N6O6. The van der Waals surface area contributed by atoms with E-state index in [4.69, 9.17) is 0 Å². The summed E-state index contributed by atoms with van der Waals surface area (Å²) >= 11 is 0. The number of carbonyl (C=O) groups is 6. The average Bonchev–Trinajstić information content (AvgIpc) is 3.79. The van der Waals surface area contributed by atoms with Crippen LogP contribution in [0.2, 0.25) is 0 Å². The maximum absolute atomic E-state index is 15.1. The Morgan fingerprint density at radius 2 is 1.50 bits per heavy atom. The van der Waals surface area contributed by atoms with Gasteiger partial charge in [-0.1, -0.05) is 80.6 Å². The van der Waals surface area contributed by atoms with Gasteiger partial charge in [-0.05, 0) is 93.0 Å². The molecule has 2 saturated heterocycles. The molecule has 12 heteroatoms. The lowest BCUT2D eigenvalue weighted by molar-refractivity contribution is -0.145. The maximum Gasteiger partial charge on any atom is 0.289 e. The predicted molar refractivity (Wildman–Crippen MR) is 206 cm³/mol. The molecule has 12 nitrogen and oxygen atoms in total. The van der Waals surface area contributed by atoms with Crippen molar-refractivity contribution in [3.05, 3.63) is 0 Å². The summed E-state index contributed by atoms with van der Waals surface area (Å²) in [6, 6.07) is -3.53. The molecule has 2 aliphatic heterocycles. The molecule has 6 aliphatic rings. The smallest absolute Gasteiger partial charge is 0.289 e. The van der Waals surface area contributed by atoms with Gasteiger partial charge in [0.1, 0.15) is 18.1 Å². The summed E-state index contributed by atoms with van der Waals surface area (Å²) in [6.07, 6.45) is 11.8. The van der Waals surface area contributed by atoms with Crippen molar-refractivity contribution in [1.29, 1.82) is 0 Å².